The molecule has 0 aromatic heterocycles. The molecule has 0 saturated carbocycles. The fourth-order valence-corrected chi connectivity index (χ4v) is 1.78. The first-order valence-corrected chi connectivity index (χ1v) is 4.86. The van der Waals surface area contributed by atoms with Crippen molar-refractivity contribution in [2.45, 2.75) is 31.9 Å². The molecule has 0 aliphatic heterocycles. The molecule has 5 heteroatoms. The molecule has 0 aliphatic carbocycles. The van der Waals surface area contributed by atoms with Gasteiger partial charge in [0.2, 0.25) is 0 Å². The Hall–Kier alpha value is -0.420. The van der Waals surface area contributed by atoms with E-state index in [4.69, 9.17) is 4.55 Å². The Morgan fingerprint density at radius 2 is 2.00 bits per heavy atom. The van der Waals surface area contributed by atoms with Crippen LogP contribution in [-0.2, 0) is 14.9 Å². The predicted molar refractivity (Wildman–Crippen MR) is 40.9 cm³/mol. The van der Waals surface area contributed by atoms with Crippen LogP contribution in [0.1, 0.15) is 26.7 Å². The lowest BCUT2D eigenvalue weighted by molar-refractivity contribution is -0.116. The van der Waals surface area contributed by atoms with Crippen molar-refractivity contribution in [1.29, 1.82) is 0 Å². The number of carbonyl (C=O) groups excluding carboxylic acids is 1. The summed E-state index contributed by atoms with van der Waals surface area (Å²) in [5.41, 5.74) is 0. The second-order valence-electron chi connectivity index (χ2n) is 2.40. The third kappa shape index (κ3) is 3.48. The number of hydrogen-bond acceptors (Lipinski definition) is 3. The summed E-state index contributed by atoms with van der Waals surface area (Å²) in [6.45, 7) is 2.91. The third-order valence-electron chi connectivity index (χ3n) is 1.36. The van der Waals surface area contributed by atoms with E-state index in [0.717, 1.165) is 6.92 Å². The summed E-state index contributed by atoms with van der Waals surface area (Å²) in [6, 6.07) is 0. The van der Waals surface area contributed by atoms with Gasteiger partial charge >= 0.3 is 0 Å². The maximum atomic E-state index is 10.6. The van der Waals surface area contributed by atoms with Gasteiger partial charge in [-0.3, -0.25) is 9.35 Å². The van der Waals surface area contributed by atoms with Crippen LogP contribution >= 0.6 is 0 Å². The average molecular weight is 180 g/mol. The normalized spacial score (nSPS) is 14.5. The highest BCUT2D eigenvalue weighted by Crippen LogP contribution is 2.07. The summed E-state index contributed by atoms with van der Waals surface area (Å²) in [5, 5.41) is -1.23. The number of hydrogen-bond donors (Lipinski definition) is 1. The number of Topliss-reactive ketones (excluding diaryl/α,β-unsaturated/α-hetero) is 1. The van der Waals surface area contributed by atoms with Crippen molar-refractivity contribution in [3.8, 4) is 0 Å². The maximum Gasteiger partial charge on any atom is 0.274 e. The maximum absolute atomic E-state index is 10.6. The van der Waals surface area contributed by atoms with Crippen LogP contribution in [0, 0.1) is 0 Å². The topological polar surface area (TPSA) is 71.4 Å². The lowest BCUT2D eigenvalue weighted by Crippen LogP contribution is -2.27. The highest BCUT2D eigenvalue weighted by Gasteiger charge is 2.26. The van der Waals surface area contributed by atoms with Gasteiger partial charge in [0, 0.05) is 0 Å². The third-order valence-corrected chi connectivity index (χ3v) is 2.65. The molecule has 0 bridgehead atoms. The number of rotatable bonds is 4. The van der Waals surface area contributed by atoms with Gasteiger partial charge in [0.15, 0.2) is 0 Å². The summed E-state index contributed by atoms with van der Waals surface area (Å²) < 4.78 is 29.5. The van der Waals surface area contributed by atoms with Crippen LogP contribution in [0.15, 0.2) is 0 Å². The van der Waals surface area contributed by atoms with E-state index in [2.05, 4.69) is 0 Å². The first-order chi connectivity index (χ1) is 4.89. The zero-order valence-electron chi connectivity index (χ0n) is 6.57. The van der Waals surface area contributed by atoms with Gasteiger partial charge in [0.1, 0.15) is 11.0 Å². The number of carbonyl (C=O) groups is 1. The minimum Gasteiger partial charge on any atom is -0.298 e. The predicted octanol–water partition coefficient (Wildman–Crippen LogP) is 0.632. The zero-order valence-corrected chi connectivity index (χ0v) is 7.39. The second kappa shape index (κ2) is 3.82. The van der Waals surface area contributed by atoms with Crippen LogP contribution < -0.4 is 0 Å². The van der Waals surface area contributed by atoms with E-state index >= 15 is 0 Å². The molecule has 11 heavy (non-hydrogen) atoms. The van der Waals surface area contributed by atoms with Gasteiger partial charge in [0.05, 0.1) is 0 Å². The van der Waals surface area contributed by atoms with Crippen molar-refractivity contribution >= 4 is 15.9 Å². The van der Waals surface area contributed by atoms with Crippen LogP contribution in [0.5, 0.6) is 0 Å². The Morgan fingerprint density at radius 1 is 1.55 bits per heavy atom. The first-order valence-electron chi connectivity index (χ1n) is 3.36. The molecule has 0 spiro atoms. The lowest BCUT2D eigenvalue weighted by Gasteiger charge is -2.07. The fourth-order valence-electron chi connectivity index (χ4n) is 0.824. The minimum absolute atomic E-state index is 0.189. The molecule has 0 heterocycles. The highest BCUT2D eigenvalue weighted by molar-refractivity contribution is 7.87. The molecule has 1 N–H and O–H groups in total. The van der Waals surface area contributed by atoms with E-state index < -0.39 is 21.2 Å². The van der Waals surface area contributed by atoms with Crippen LogP contribution in [0.3, 0.4) is 0 Å². The van der Waals surface area contributed by atoms with Crippen LogP contribution in [0.4, 0.5) is 0 Å². The summed E-state index contributed by atoms with van der Waals surface area (Å²) in [7, 11) is -4.18. The van der Waals surface area contributed by atoms with E-state index in [1.165, 1.54) is 0 Å². The molecular formula is C6H12O4S. The molecular weight excluding hydrogens is 168 g/mol. The molecule has 4 nitrogen and oxygen atoms in total. The van der Waals surface area contributed by atoms with Gasteiger partial charge in [-0.05, 0) is 13.3 Å². The molecule has 0 amide bonds. The second-order valence-corrected chi connectivity index (χ2v) is 4.00. The zero-order chi connectivity index (χ0) is 9.07. The van der Waals surface area contributed by atoms with Crippen molar-refractivity contribution in [2.24, 2.45) is 0 Å². The molecule has 1 unspecified atom stereocenters. The van der Waals surface area contributed by atoms with Crippen molar-refractivity contribution in [2.75, 3.05) is 0 Å². The van der Waals surface area contributed by atoms with Crippen LogP contribution in [0.25, 0.3) is 0 Å². The van der Waals surface area contributed by atoms with Gasteiger partial charge in [0.25, 0.3) is 10.1 Å². The SMILES string of the molecule is CCCC(C(C)=O)S(=O)(=O)O. The van der Waals surface area contributed by atoms with Crippen LogP contribution in [0.2, 0.25) is 0 Å². The van der Waals surface area contributed by atoms with Crippen molar-refractivity contribution in [3.63, 3.8) is 0 Å². The van der Waals surface area contributed by atoms with Crippen molar-refractivity contribution in [1.82, 2.24) is 0 Å². The minimum atomic E-state index is -4.18. The summed E-state index contributed by atoms with van der Waals surface area (Å²) in [5.74, 6) is -0.505. The van der Waals surface area contributed by atoms with Crippen LogP contribution in [-0.4, -0.2) is 24.0 Å². The molecule has 0 rings (SSSR count). The molecule has 0 aromatic rings. The van der Waals surface area contributed by atoms with Gasteiger partial charge in [-0.2, -0.15) is 8.42 Å². The summed E-state index contributed by atoms with van der Waals surface area (Å²) in [4.78, 5) is 10.6. The Balaban J connectivity index is 4.49. The lowest BCUT2D eigenvalue weighted by atomic mass is 10.2. The van der Waals surface area contributed by atoms with E-state index in [9.17, 15) is 13.2 Å². The fraction of sp³-hybridized carbons (Fsp3) is 0.833. The molecule has 0 fully saturated rings. The highest BCUT2D eigenvalue weighted by atomic mass is 32.2. The van der Waals surface area contributed by atoms with E-state index in [1.807, 2.05) is 0 Å². The smallest absolute Gasteiger partial charge is 0.274 e. The van der Waals surface area contributed by atoms with Gasteiger partial charge in [-0.15, -0.1) is 0 Å². The average Bonchev–Trinajstić information content (AvgIpc) is 1.79. The van der Waals surface area contributed by atoms with Gasteiger partial charge in [-0.25, -0.2) is 0 Å². The van der Waals surface area contributed by atoms with Crippen molar-refractivity contribution < 1.29 is 17.8 Å². The molecule has 0 saturated heterocycles. The monoisotopic (exact) mass is 180 g/mol. The van der Waals surface area contributed by atoms with E-state index in [-0.39, 0.29) is 6.42 Å². The molecule has 0 aromatic carbocycles. The molecule has 0 radical (unpaired) electrons. The molecule has 1 atom stereocenters. The quantitative estimate of drug-likeness (QED) is 0.644. The number of ketones is 1. The Morgan fingerprint density at radius 3 is 2.09 bits per heavy atom. The molecule has 66 valence electrons. The summed E-state index contributed by atoms with van der Waals surface area (Å²) in [6.07, 6.45) is 0.748. The Labute approximate surface area is 66.4 Å². The van der Waals surface area contributed by atoms with Gasteiger partial charge < -0.3 is 0 Å². The van der Waals surface area contributed by atoms with Gasteiger partial charge in [-0.1, -0.05) is 13.3 Å². The van der Waals surface area contributed by atoms with Crippen molar-refractivity contribution in [3.05, 3.63) is 0 Å². The van der Waals surface area contributed by atoms with E-state index in [1.54, 1.807) is 6.92 Å². The standard InChI is InChI=1S/C6H12O4S/c1-3-4-6(5(2)7)11(8,9)10/h6H,3-4H2,1-2H3,(H,8,9,10). The molecule has 0 aliphatic rings. The Kier molecular flexibility index (Phi) is 3.68. The summed E-state index contributed by atoms with van der Waals surface area (Å²) >= 11 is 0. The largest absolute Gasteiger partial charge is 0.298 e. The Bertz CT molecular complexity index is 229. The van der Waals surface area contributed by atoms with E-state index in [0.29, 0.717) is 6.42 Å². The first kappa shape index (κ1) is 10.6.